The predicted molar refractivity (Wildman–Crippen MR) is 68.4 cm³/mol. The third-order valence-electron chi connectivity index (χ3n) is 3.01. The van der Waals surface area contributed by atoms with Crippen molar-refractivity contribution < 1.29 is 9.18 Å². The Kier molecular flexibility index (Phi) is 3.82. The number of hydrogen-bond acceptors (Lipinski definition) is 1. The van der Waals surface area contributed by atoms with Gasteiger partial charge in [-0.2, -0.15) is 0 Å². The minimum absolute atomic E-state index is 0.0138. The van der Waals surface area contributed by atoms with Crippen LogP contribution in [0.25, 0.3) is 0 Å². The number of nitrogens with zero attached hydrogens (tertiary/aromatic N) is 1. The second-order valence-corrected chi connectivity index (χ2v) is 5.27. The molecule has 0 heterocycles. The van der Waals surface area contributed by atoms with Gasteiger partial charge in [-0.1, -0.05) is 0 Å². The molecule has 2 nitrogen and oxygen atoms in total. The van der Waals surface area contributed by atoms with Gasteiger partial charge in [0.15, 0.2) is 0 Å². The van der Waals surface area contributed by atoms with Gasteiger partial charge in [-0.05, 0) is 59.8 Å². The van der Waals surface area contributed by atoms with Crippen molar-refractivity contribution in [2.45, 2.75) is 19.8 Å². The molecule has 2 rings (SSSR count). The molecule has 0 saturated heterocycles. The zero-order valence-corrected chi connectivity index (χ0v) is 11.3. The molecule has 0 atom stereocenters. The van der Waals surface area contributed by atoms with Crippen LogP contribution in [0.15, 0.2) is 22.7 Å². The molecule has 1 aromatic rings. The van der Waals surface area contributed by atoms with E-state index in [1.165, 1.54) is 25.0 Å². The van der Waals surface area contributed by atoms with Crippen molar-refractivity contribution >= 4 is 21.8 Å². The van der Waals surface area contributed by atoms with E-state index >= 15 is 0 Å². The van der Waals surface area contributed by atoms with E-state index in [9.17, 15) is 9.18 Å². The fourth-order valence-corrected chi connectivity index (χ4v) is 2.16. The van der Waals surface area contributed by atoms with Gasteiger partial charge in [-0.3, -0.25) is 4.79 Å². The van der Waals surface area contributed by atoms with Gasteiger partial charge in [0, 0.05) is 18.7 Å². The second-order valence-electron chi connectivity index (χ2n) is 4.42. The lowest BCUT2D eigenvalue weighted by Gasteiger charge is -2.20. The summed E-state index contributed by atoms with van der Waals surface area (Å²) < 4.78 is 13.4. The van der Waals surface area contributed by atoms with Gasteiger partial charge in [0.2, 0.25) is 0 Å². The summed E-state index contributed by atoms with van der Waals surface area (Å²) in [6.45, 7) is 3.49. The molecule has 0 aliphatic heterocycles. The standard InChI is InChI=1S/C13H15BrFNO/c1-2-16(8-9-3-4-9)13(17)10-5-6-12(15)11(14)7-10/h5-7,9H,2-4,8H2,1H3. The number of rotatable bonds is 4. The number of halogens is 2. The lowest BCUT2D eigenvalue weighted by Crippen LogP contribution is -2.32. The highest BCUT2D eigenvalue weighted by atomic mass is 79.9. The molecular formula is C13H15BrFNO. The van der Waals surface area contributed by atoms with Gasteiger partial charge in [0.1, 0.15) is 5.82 Å². The van der Waals surface area contributed by atoms with Crippen molar-refractivity contribution in [2.75, 3.05) is 13.1 Å². The average molecular weight is 300 g/mol. The van der Waals surface area contributed by atoms with Crippen molar-refractivity contribution in [3.8, 4) is 0 Å². The SMILES string of the molecule is CCN(CC1CC1)C(=O)c1ccc(F)c(Br)c1. The summed E-state index contributed by atoms with van der Waals surface area (Å²) in [6, 6.07) is 4.41. The summed E-state index contributed by atoms with van der Waals surface area (Å²) in [5, 5.41) is 0. The highest BCUT2D eigenvalue weighted by Gasteiger charge is 2.26. The van der Waals surface area contributed by atoms with Crippen molar-refractivity contribution in [1.82, 2.24) is 4.90 Å². The van der Waals surface area contributed by atoms with E-state index in [0.717, 1.165) is 6.54 Å². The summed E-state index contributed by atoms with van der Waals surface area (Å²) in [5.74, 6) is 0.315. The van der Waals surface area contributed by atoms with Crippen LogP contribution >= 0.6 is 15.9 Å². The topological polar surface area (TPSA) is 20.3 Å². The van der Waals surface area contributed by atoms with Crippen LogP contribution in [0.2, 0.25) is 0 Å². The van der Waals surface area contributed by atoms with Crippen LogP contribution in [-0.4, -0.2) is 23.9 Å². The first-order valence-electron chi connectivity index (χ1n) is 5.86. The fourth-order valence-electron chi connectivity index (χ4n) is 1.78. The summed E-state index contributed by atoms with van der Waals surface area (Å²) in [7, 11) is 0. The van der Waals surface area contributed by atoms with Crippen molar-refractivity contribution in [2.24, 2.45) is 5.92 Å². The number of benzene rings is 1. The Morgan fingerprint density at radius 2 is 2.24 bits per heavy atom. The molecule has 0 unspecified atom stereocenters. The molecule has 0 aromatic heterocycles. The summed E-state index contributed by atoms with van der Waals surface area (Å²) in [6.07, 6.45) is 2.44. The second kappa shape index (κ2) is 5.17. The predicted octanol–water partition coefficient (Wildman–Crippen LogP) is 3.46. The summed E-state index contributed by atoms with van der Waals surface area (Å²) >= 11 is 3.10. The average Bonchev–Trinajstić information content (AvgIpc) is 3.12. The minimum atomic E-state index is -0.341. The highest BCUT2D eigenvalue weighted by Crippen LogP contribution is 2.30. The fraction of sp³-hybridized carbons (Fsp3) is 0.462. The Morgan fingerprint density at radius 3 is 2.76 bits per heavy atom. The van der Waals surface area contributed by atoms with Gasteiger partial charge >= 0.3 is 0 Å². The third kappa shape index (κ3) is 3.06. The molecule has 17 heavy (non-hydrogen) atoms. The van der Waals surface area contributed by atoms with Crippen LogP contribution in [-0.2, 0) is 0 Å². The number of carbonyl (C=O) groups is 1. The molecule has 1 aromatic carbocycles. The minimum Gasteiger partial charge on any atom is -0.339 e. The molecule has 1 fully saturated rings. The van der Waals surface area contributed by atoms with Crippen LogP contribution in [0.1, 0.15) is 30.1 Å². The summed E-state index contributed by atoms with van der Waals surface area (Å²) in [4.78, 5) is 14.0. The first-order valence-corrected chi connectivity index (χ1v) is 6.65. The lowest BCUT2D eigenvalue weighted by atomic mass is 10.2. The maximum absolute atomic E-state index is 13.1. The van der Waals surface area contributed by atoms with E-state index in [-0.39, 0.29) is 11.7 Å². The number of carbonyl (C=O) groups excluding carboxylic acids is 1. The van der Waals surface area contributed by atoms with Gasteiger partial charge in [0.05, 0.1) is 4.47 Å². The van der Waals surface area contributed by atoms with Crippen LogP contribution < -0.4 is 0 Å². The maximum Gasteiger partial charge on any atom is 0.253 e. The number of hydrogen-bond donors (Lipinski definition) is 0. The lowest BCUT2D eigenvalue weighted by molar-refractivity contribution is 0.0757. The van der Waals surface area contributed by atoms with E-state index < -0.39 is 0 Å². The maximum atomic E-state index is 13.1. The molecule has 1 saturated carbocycles. The molecular weight excluding hydrogens is 285 g/mol. The molecule has 0 radical (unpaired) electrons. The Labute approximate surface area is 109 Å². The van der Waals surface area contributed by atoms with E-state index in [4.69, 9.17) is 0 Å². The van der Waals surface area contributed by atoms with Gasteiger partial charge in [-0.25, -0.2) is 4.39 Å². The molecule has 0 N–H and O–H groups in total. The quantitative estimate of drug-likeness (QED) is 0.834. The van der Waals surface area contributed by atoms with Crippen LogP contribution in [0.3, 0.4) is 0 Å². The molecule has 4 heteroatoms. The largest absolute Gasteiger partial charge is 0.339 e. The summed E-state index contributed by atoms with van der Waals surface area (Å²) in [5.41, 5.74) is 0.542. The first kappa shape index (κ1) is 12.6. The van der Waals surface area contributed by atoms with E-state index in [1.807, 2.05) is 11.8 Å². The Balaban J connectivity index is 2.12. The molecule has 0 spiro atoms. The van der Waals surface area contributed by atoms with Crippen LogP contribution in [0, 0.1) is 11.7 Å². The van der Waals surface area contributed by atoms with Crippen molar-refractivity contribution in [1.29, 1.82) is 0 Å². The van der Waals surface area contributed by atoms with Gasteiger partial charge in [-0.15, -0.1) is 0 Å². The zero-order valence-electron chi connectivity index (χ0n) is 9.75. The van der Waals surface area contributed by atoms with Gasteiger partial charge in [0.25, 0.3) is 5.91 Å². The molecule has 1 amide bonds. The highest BCUT2D eigenvalue weighted by molar-refractivity contribution is 9.10. The zero-order chi connectivity index (χ0) is 12.4. The monoisotopic (exact) mass is 299 g/mol. The number of amides is 1. The molecule has 92 valence electrons. The van der Waals surface area contributed by atoms with E-state index in [0.29, 0.717) is 22.5 Å². The van der Waals surface area contributed by atoms with Gasteiger partial charge < -0.3 is 4.90 Å². The smallest absolute Gasteiger partial charge is 0.253 e. The van der Waals surface area contributed by atoms with Crippen molar-refractivity contribution in [3.63, 3.8) is 0 Å². The first-order chi connectivity index (χ1) is 8.11. The Bertz CT molecular complexity index is 431. The van der Waals surface area contributed by atoms with Crippen LogP contribution in [0.4, 0.5) is 4.39 Å². The molecule has 1 aliphatic carbocycles. The van der Waals surface area contributed by atoms with E-state index in [1.54, 1.807) is 6.07 Å². The molecule has 0 bridgehead atoms. The Morgan fingerprint density at radius 1 is 1.53 bits per heavy atom. The Hall–Kier alpha value is -0.900. The third-order valence-corrected chi connectivity index (χ3v) is 3.62. The van der Waals surface area contributed by atoms with E-state index in [2.05, 4.69) is 15.9 Å². The molecule has 1 aliphatic rings. The van der Waals surface area contributed by atoms with Crippen molar-refractivity contribution in [3.05, 3.63) is 34.1 Å². The normalized spacial score (nSPS) is 14.8. The van der Waals surface area contributed by atoms with Crippen LogP contribution in [0.5, 0.6) is 0 Å².